The van der Waals surface area contributed by atoms with E-state index in [0.29, 0.717) is 11.0 Å². The second kappa shape index (κ2) is 6.10. The molecular weight excluding hydrogens is 230 g/mol. The predicted octanol–water partition coefficient (Wildman–Crippen LogP) is 3.01. The molecule has 0 aromatic heterocycles. The first-order valence-electron chi connectivity index (χ1n) is 6.19. The molecule has 2 nitrogen and oxygen atoms in total. The molecule has 92 valence electrons. The maximum Gasteiger partial charge on any atom is 0.230 e. The number of hydrogen-bond acceptors (Lipinski definition) is 2. The van der Waals surface area contributed by atoms with Crippen molar-refractivity contribution < 1.29 is 4.79 Å². The van der Waals surface area contributed by atoms with Gasteiger partial charge in [0.25, 0.3) is 0 Å². The molecule has 0 radical (unpaired) electrons. The Morgan fingerprint density at radius 1 is 1.41 bits per heavy atom. The first kappa shape index (κ1) is 12.5. The van der Waals surface area contributed by atoms with Crippen LogP contribution in [-0.2, 0) is 4.79 Å². The number of hydrogen-bond donors (Lipinski definition) is 1. The van der Waals surface area contributed by atoms with Crippen LogP contribution in [0.2, 0.25) is 0 Å². The lowest BCUT2D eigenvalue weighted by Crippen LogP contribution is -2.27. The molecule has 1 saturated carbocycles. The number of nitrogens with one attached hydrogen (secondary N) is 1. The molecule has 1 unspecified atom stereocenters. The zero-order valence-electron chi connectivity index (χ0n) is 10.2. The second-order valence-corrected chi connectivity index (χ2v) is 5.94. The number of carbonyl (C=O) groups is 1. The van der Waals surface area contributed by atoms with E-state index >= 15 is 0 Å². The third kappa shape index (κ3) is 4.43. The van der Waals surface area contributed by atoms with E-state index in [1.54, 1.807) is 11.8 Å². The summed E-state index contributed by atoms with van der Waals surface area (Å²) < 4.78 is 0. The summed E-state index contributed by atoms with van der Waals surface area (Å²) in [5, 5.41) is 3.37. The minimum absolute atomic E-state index is 0.171. The van der Waals surface area contributed by atoms with Gasteiger partial charge in [-0.25, -0.2) is 0 Å². The maximum atomic E-state index is 11.6. The molecule has 0 bridgehead atoms. The Hall–Kier alpha value is -0.960. The topological polar surface area (TPSA) is 29.1 Å². The quantitative estimate of drug-likeness (QED) is 0.839. The van der Waals surface area contributed by atoms with Crippen molar-refractivity contribution in [1.82, 2.24) is 5.32 Å². The number of amides is 1. The van der Waals surface area contributed by atoms with Crippen molar-refractivity contribution in [2.24, 2.45) is 5.92 Å². The van der Waals surface area contributed by atoms with Crippen LogP contribution in [0, 0.1) is 5.92 Å². The number of benzene rings is 1. The van der Waals surface area contributed by atoms with Gasteiger partial charge in [0.2, 0.25) is 5.91 Å². The molecule has 3 heteroatoms. The summed E-state index contributed by atoms with van der Waals surface area (Å²) in [5.74, 6) is 1.49. The van der Waals surface area contributed by atoms with Crippen molar-refractivity contribution in [1.29, 1.82) is 0 Å². The largest absolute Gasteiger partial charge is 0.355 e. The summed E-state index contributed by atoms with van der Waals surface area (Å²) in [5.41, 5.74) is 1.28. The third-order valence-electron chi connectivity index (χ3n) is 3.02. The Bertz CT molecular complexity index is 362. The Labute approximate surface area is 107 Å². The van der Waals surface area contributed by atoms with E-state index in [1.807, 2.05) is 18.2 Å². The minimum atomic E-state index is 0.171. The predicted molar refractivity (Wildman–Crippen MR) is 73.0 cm³/mol. The molecule has 0 spiro atoms. The van der Waals surface area contributed by atoms with Crippen molar-refractivity contribution in [3.63, 3.8) is 0 Å². The highest BCUT2D eigenvalue weighted by atomic mass is 32.2. The molecule has 17 heavy (non-hydrogen) atoms. The molecule has 1 aromatic carbocycles. The fraction of sp³-hybridized carbons (Fsp3) is 0.500. The zero-order valence-corrected chi connectivity index (χ0v) is 11.0. The first-order valence-corrected chi connectivity index (χ1v) is 7.24. The van der Waals surface area contributed by atoms with Crippen LogP contribution < -0.4 is 5.32 Å². The average molecular weight is 249 g/mol. The molecule has 1 aliphatic carbocycles. The van der Waals surface area contributed by atoms with Gasteiger partial charge >= 0.3 is 0 Å². The molecule has 1 amide bonds. The van der Waals surface area contributed by atoms with Gasteiger partial charge in [-0.1, -0.05) is 30.3 Å². The van der Waals surface area contributed by atoms with Crippen molar-refractivity contribution in [2.45, 2.75) is 25.0 Å². The number of carbonyl (C=O) groups excluding carboxylic acids is 1. The highest BCUT2D eigenvalue weighted by Crippen LogP contribution is 2.29. The van der Waals surface area contributed by atoms with E-state index in [-0.39, 0.29) is 5.91 Å². The molecule has 0 heterocycles. The fourth-order valence-corrected chi connectivity index (χ4v) is 2.51. The highest BCUT2D eigenvalue weighted by Gasteiger charge is 2.21. The highest BCUT2D eigenvalue weighted by molar-refractivity contribution is 8.00. The lowest BCUT2D eigenvalue weighted by Gasteiger charge is -2.11. The Kier molecular flexibility index (Phi) is 4.49. The van der Waals surface area contributed by atoms with Crippen LogP contribution in [-0.4, -0.2) is 18.2 Å². The number of rotatable bonds is 6. The molecule has 1 aliphatic rings. The smallest absolute Gasteiger partial charge is 0.230 e. The normalized spacial score (nSPS) is 16.5. The Morgan fingerprint density at radius 2 is 2.12 bits per heavy atom. The molecule has 0 saturated heterocycles. The lowest BCUT2D eigenvalue weighted by molar-refractivity contribution is -0.118. The van der Waals surface area contributed by atoms with E-state index in [9.17, 15) is 4.79 Å². The van der Waals surface area contributed by atoms with Crippen molar-refractivity contribution >= 4 is 17.7 Å². The lowest BCUT2D eigenvalue weighted by atomic mass is 10.2. The van der Waals surface area contributed by atoms with Crippen LogP contribution in [0.3, 0.4) is 0 Å². The fourth-order valence-electron chi connectivity index (χ4n) is 1.65. The van der Waals surface area contributed by atoms with E-state index in [1.165, 1.54) is 18.4 Å². The molecule has 1 fully saturated rings. The SMILES string of the molecule is CC(SCC(=O)NCC1CC1)c1ccccc1. The van der Waals surface area contributed by atoms with E-state index in [4.69, 9.17) is 0 Å². The van der Waals surface area contributed by atoms with Crippen molar-refractivity contribution in [3.05, 3.63) is 35.9 Å². The van der Waals surface area contributed by atoms with Crippen LogP contribution in [0.5, 0.6) is 0 Å². The first-order chi connectivity index (χ1) is 8.25. The molecule has 2 rings (SSSR count). The summed E-state index contributed by atoms with van der Waals surface area (Å²) in [6.45, 7) is 3.02. The van der Waals surface area contributed by atoms with Crippen LogP contribution in [0.1, 0.15) is 30.6 Å². The van der Waals surface area contributed by atoms with E-state index in [2.05, 4.69) is 24.4 Å². The van der Waals surface area contributed by atoms with Gasteiger partial charge in [-0.05, 0) is 31.2 Å². The van der Waals surface area contributed by atoms with Gasteiger partial charge in [-0.15, -0.1) is 11.8 Å². The van der Waals surface area contributed by atoms with Crippen molar-refractivity contribution in [3.8, 4) is 0 Å². The van der Waals surface area contributed by atoms with Crippen LogP contribution in [0.15, 0.2) is 30.3 Å². The Morgan fingerprint density at radius 3 is 2.76 bits per heavy atom. The second-order valence-electron chi connectivity index (χ2n) is 4.61. The minimum Gasteiger partial charge on any atom is -0.355 e. The summed E-state index contributed by atoms with van der Waals surface area (Å²) in [6.07, 6.45) is 2.57. The van der Waals surface area contributed by atoms with Gasteiger partial charge < -0.3 is 5.32 Å². The third-order valence-corrected chi connectivity index (χ3v) is 4.22. The van der Waals surface area contributed by atoms with Crippen LogP contribution >= 0.6 is 11.8 Å². The molecule has 1 aromatic rings. The maximum absolute atomic E-state index is 11.6. The van der Waals surface area contributed by atoms with Gasteiger partial charge in [0.1, 0.15) is 0 Å². The molecule has 0 aliphatic heterocycles. The van der Waals surface area contributed by atoms with Gasteiger partial charge in [0, 0.05) is 11.8 Å². The molecule has 1 atom stereocenters. The van der Waals surface area contributed by atoms with Crippen LogP contribution in [0.4, 0.5) is 0 Å². The average Bonchev–Trinajstić information content (AvgIpc) is 3.18. The standard InChI is InChI=1S/C14H19NOS/c1-11(13-5-3-2-4-6-13)17-10-14(16)15-9-12-7-8-12/h2-6,11-12H,7-10H2,1H3,(H,15,16). The van der Waals surface area contributed by atoms with E-state index < -0.39 is 0 Å². The molecular formula is C14H19NOS. The molecule has 1 N–H and O–H groups in total. The van der Waals surface area contributed by atoms with Gasteiger partial charge in [-0.3, -0.25) is 4.79 Å². The Balaban J connectivity index is 1.68. The summed E-state index contributed by atoms with van der Waals surface area (Å²) in [4.78, 5) is 11.6. The van der Waals surface area contributed by atoms with Gasteiger partial charge in [0.15, 0.2) is 0 Å². The zero-order chi connectivity index (χ0) is 12.1. The van der Waals surface area contributed by atoms with Crippen molar-refractivity contribution in [2.75, 3.05) is 12.3 Å². The summed E-state index contributed by atoms with van der Waals surface area (Å²) in [6, 6.07) is 10.3. The van der Waals surface area contributed by atoms with Gasteiger partial charge in [-0.2, -0.15) is 0 Å². The summed E-state index contributed by atoms with van der Waals surface area (Å²) in [7, 11) is 0. The number of thioether (sulfide) groups is 1. The van der Waals surface area contributed by atoms with Crippen LogP contribution in [0.25, 0.3) is 0 Å². The monoisotopic (exact) mass is 249 g/mol. The summed E-state index contributed by atoms with van der Waals surface area (Å²) >= 11 is 1.70. The van der Waals surface area contributed by atoms with Gasteiger partial charge in [0.05, 0.1) is 5.75 Å². The van der Waals surface area contributed by atoms with E-state index in [0.717, 1.165) is 12.5 Å².